The number of hydrogen-bond acceptors (Lipinski definition) is 3. The van der Waals surface area contributed by atoms with Gasteiger partial charge in [-0.15, -0.1) is 0 Å². The van der Waals surface area contributed by atoms with Gasteiger partial charge in [0.2, 0.25) is 0 Å². The smallest absolute Gasteiger partial charge is 0.310 e. The Hall–Kier alpha value is -0.930. The van der Waals surface area contributed by atoms with Crippen LogP contribution in [0.2, 0.25) is 10.0 Å². The van der Waals surface area contributed by atoms with Crippen molar-refractivity contribution in [2.24, 2.45) is 0 Å². The summed E-state index contributed by atoms with van der Waals surface area (Å²) in [5, 5.41) is 10.0. The van der Waals surface area contributed by atoms with Crippen LogP contribution in [0.1, 0.15) is 5.56 Å². The number of hydrogen-bond donors (Lipinski definition) is 1. The zero-order chi connectivity index (χ0) is 10.7. The fourth-order valence-electron chi connectivity index (χ4n) is 0.981. The maximum Gasteiger partial charge on any atom is 0.310 e. The van der Waals surface area contributed by atoms with E-state index in [2.05, 4.69) is 4.74 Å². The fraction of sp³-hybridized carbons (Fsp3) is 0.222. The summed E-state index contributed by atoms with van der Waals surface area (Å²) in [6.07, 6.45) is -0.0711. The van der Waals surface area contributed by atoms with Gasteiger partial charge in [-0.3, -0.25) is 4.79 Å². The number of esters is 1. The lowest BCUT2D eigenvalue weighted by Crippen LogP contribution is -2.05. The van der Waals surface area contributed by atoms with Gasteiger partial charge < -0.3 is 9.84 Å². The Morgan fingerprint density at radius 2 is 2.14 bits per heavy atom. The zero-order valence-electron chi connectivity index (χ0n) is 7.38. The number of benzene rings is 1. The molecule has 0 saturated carbocycles. The Bertz CT molecular complexity index is 340. The maximum atomic E-state index is 10.9. The normalized spacial score (nSPS) is 9.93. The average molecular weight is 235 g/mol. The molecule has 0 bridgehead atoms. The quantitative estimate of drug-likeness (QED) is 0.800. The Morgan fingerprint density at radius 1 is 1.50 bits per heavy atom. The first-order chi connectivity index (χ1) is 6.54. The molecule has 3 nitrogen and oxygen atoms in total. The monoisotopic (exact) mass is 234 g/mol. The average Bonchev–Trinajstić information content (AvgIpc) is 2.10. The predicted octanol–water partition coefficient (Wildman–Crippen LogP) is 2.41. The molecule has 0 unspecified atom stereocenters. The van der Waals surface area contributed by atoms with Crippen molar-refractivity contribution in [2.75, 3.05) is 7.11 Å². The maximum absolute atomic E-state index is 10.9. The Labute approximate surface area is 91.2 Å². The lowest BCUT2D eigenvalue weighted by molar-refractivity contribution is -0.139. The molecule has 0 aromatic heterocycles. The van der Waals surface area contributed by atoms with E-state index in [9.17, 15) is 9.90 Å². The van der Waals surface area contributed by atoms with Crippen molar-refractivity contribution in [1.82, 2.24) is 0 Å². The highest BCUT2D eigenvalue weighted by molar-refractivity contribution is 6.35. The summed E-state index contributed by atoms with van der Waals surface area (Å²) in [5.74, 6) is -0.572. The molecule has 0 aliphatic heterocycles. The summed E-state index contributed by atoms with van der Waals surface area (Å²) in [6.45, 7) is 0. The summed E-state index contributed by atoms with van der Waals surface area (Å²) in [6, 6.07) is 2.78. The molecule has 76 valence electrons. The lowest BCUT2D eigenvalue weighted by atomic mass is 10.1. The van der Waals surface area contributed by atoms with E-state index in [4.69, 9.17) is 23.2 Å². The summed E-state index contributed by atoms with van der Waals surface area (Å²) in [4.78, 5) is 10.9. The van der Waals surface area contributed by atoms with Crippen molar-refractivity contribution in [3.63, 3.8) is 0 Å². The van der Waals surface area contributed by atoms with Crippen molar-refractivity contribution < 1.29 is 14.6 Å². The van der Waals surface area contributed by atoms with Gasteiger partial charge in [-0.1, -0.05) is 23.2 Å². The second-order valence-electron chi connectivity index (χ2n) is 2.64. The van der Waals surface area contributed by atoms with Gasteiger partial charge in [0.05, 0.1) is 13.5 Å². The number of halogens is 2. The summed E-state index contributed by atoms with van der Waals surface area (Å²) in [5.41, 5.74) is 0.322. The van der Waals surface area contributed by atoms with Crippen LogP contribution < -0.4 is 0 Å². The molecule has 0 fully saturated rings. The summed E-state index contributed by atoms with van der Waals surface area (Å²) in [7, 11) is 1.27. The van der Waals surface area contributed by atoms with Crippen LogP contribution in [-0.4, -0.2) is 18.2 Å². The minimum atomic E-state index is -0.468. The van der Waals surface area contributed by atoms with Crippen LogP contribution in [0.3, 0.4) is 0 Å². The summed E-state index contributed by atoms with van der Waals surface area (Å²) >= 11 is 11.4. The molecule has 0 amide bonds. The van der Waals surface area contributed by atoms with E-state index in [-0.39, 0.29) is 17.2 Å². The first-order valence-corrected chi connectivity index (χ1v) is 4.54. The molecule has 0 aliphatic rings. The van der Waals surface area contributed by atoms with E-state index in [1.54, 1.807) is 0 Å². The first kappa shape index (κ1) is 11.1. The number of rotatable bonds is 2. The van der Waals surface area contributed by atoms with Crippen molar-refractivity contribution in [2.45, 2.75) is 6.42 Å². The number of phenolic OH excluding ortho intramolecular Hbond substituents is 1. The number of phenols is 1. The topological polar surface area (TPSA) is 46.5 Å². The Balaban J connectivity index is 3.02. The number of carbonyl (C=O) groups is 1. The van der Waals surface area contributed by atoms with E-state index in [0.29, 0.717) is 10.6 Å². The standard InChI is InChI=1S/C9H8Cl2O3/c1-14-9(13)4-6-7(11)2-5(10)3-8(6)12/h2-3,12H,4H2,1H3. The van der Waals surface area contributed by atoms with Gasteiger partial charge >= 0.3 is 5.97 Å². The van der Waals surface area contributed by atoms with Crippen LogP contribution in [0, 0.1) is 0 Å². The van der Waals surface area contributed by atoms with Crippen LogP contribution >= 0.6 is 23.2 Å². The van der Waals surface area contributed by atoms with Crippen molar-refractivity contribution >= 4 is 29.2 Å². The van der Waals surface area contributed by atoms with Crippen molar-refractivity contribution in [1.29, 1.82) is 0 Å². The molecule has 0 atom stereocenters. The molecular formula is C9H8Cl2O3. The Kier molecular flexibility index (Phi) is 3.61. The first-order valence-electron chi connectivity index (χ1n) is 3.78. The molecular weight excluding hydrogens is 227 g/mol. The number of carbonyl (C=O) groups excluding carboxylic acids is 1. The van der Waals surface area contributed by atoms with E-state index in [1.807, 2.05) is 0 Å². The second kappa shape index (κ2) is 4.53. The predicted molar refractivity (Wildman–Crippen MR) is 53.8 cm³/mol. The van der Waals surface area contributed by atoms with Gasteiger partial charge in [0, 0.05) is 15.6 Å². The van der Waals surface area contributed by atoms with E-state index >= 15 is 0 Å². The third kappa shape index (κ3) is 2.53. The molecule has 1 rings (SSSR count). The second-order valence-corrected chi connectivity index (χ2v) is 3.48. The zero-order valence-corrected chi connectivity index (χ0v) is 8.89. The minimum absolute atomic E-state index is 0.0711. The Morgan fingerprint density at radius 3 is 2.64 bits per heavy atom. The molecule has 14 heavy (non-hydrogen) atoms. The lowest BCUT2D eigenvalue weighted by Gasteiger charge is -2.06. The van der Waals surface area contributed by atoms with Gasteiger partial charge in [0.15, 0.2) is 0 Å². The molecule has 0 aliphatic carbocycles. The molecule has 1 aromatic rings. The highest BCUT2D eigenvalue weighted by Gasteiger charge is 2.12. The molecule has 0 saturated heterocycles. The van der Waals surface area contributed by atoms with E-state index < -0.39 is 5.97 Å². The van der Waals surface area contributed by atoms with Gasteiger partial charge in [0.1, 0.15) is 5.75 Å². The van der Waals surface area contributed by atoms with Gasteiger partial charge in [-0.05, 0) is 12.1 Å². The number of methoxy groups -OCH3 is 1. The van der Waals surface area contributed by atoms with Crippen molar-refractivity contribution in [3.05, 3.63) is 27.7 Å². The fourth-order valence-corrected chi connectivity index (χ4v) is 1.53. The number of aromatic hydroxyl groups is 1. The van der Waals surface area contributed by atoms with Crippen molar-refractivity contribution in [3.8, 4) is 5.75 Å². The highest BCUT2D eigenvalue weighted by Crippen LogP contribution is 2.30. The molecule has 0 heterocycles. The SMILES string of the molecule is COC(=O)Cc1c(O)cc(Cl)cc1Cl. The van der Waals surface area contributed by atoms with Crippen LogP contribution in [-0.2, 0) is 16.0 Å². The van der Waals surface area contributed by atoms with Crippen LogP contribution in [0.15, 0.2) is 12.1 Å². The third-order valence-electron chi connectivity index (χ3n) is 1.69. The molecule has 5 heteroatoms. The van der Waals surface area contributed by atoms with Gasteiger partial charge in [-0.2, -0.15) is 0 Å². The van der Waals surface area contributed by atoms with E-state index in [0.717, 1.165) is 0 Å². The minimum Gasteiger partial charge on any atom is -0.508 e. The third-order valence-corrected chi connectivity index (χ3v) is 2.24. The van der Waals surface area contributed by atoms with Crippen LogP contribution in [0.4, 0.5) is 0 Å². The number of ether oxygens (including phenoxy) is 1. The largest absolute Gasteiger partial charge is 0.508 e. The van der Waals surface area contributed by atoms with Gasteiger partial charge in [-0.25, -0.2) is 0 Å². The van der Waals surface area contributed by atoms with E-state index in [1.165, 1.54) is 19.2 Å². The highest BCUT2D eigenvalue weighted by atomic mass is 35.5. The van der Waals surface area contributed by atoms with Gasteiger partial charge in [0.25, 0.3) is 0 Å². The van der Waals surface area contributed by atoms with Crippen LogP contribution in [0.25, 0.3) is 0 Å². The molecule has 1 aromatic carbocycles. The molecule has 0 spiro atoms. The summed E-state index contributed by atoms with van der Waals surface area (Å²) < 4.78 is 4.45. The van der Waals surface area contributed by atoms with Crippen LogP contribution in [0.5, 0.6) is 5.75 Å². The molecule has 0 radical (unpaired) electrons. The molecule has 1 N–H and O–H groups in total.